The van der Waals surface area contributed by atoms with E-state index in [4.69, 9.17) is 0 Å². The quantitative estimate of drug-likeness (QED) is 0.739. The molecule has 0 spiro atoms. The van der Waals surface area contributed by atoms with Gasteiger partial charge >= 0.3 is 0 Å². The van der Waals surface area contributed by atoms with Crippen LogP contribution in [0, 0.1) is 3.57 Å². The molecule has 1 aliphatic rings. The third kappa shape index (κ3) is 4.34. The zero-order valence-corrected chi connectivity index (χ0v) is 14.1. The van der Waals surface area contributed by atoms with Gasteiger partial charge in [0, 0.05) is 15.3 Å². The molecule has 0 unspecified atom stereocenters. The summed E-state index contributed by atoms with van der Waals surface area (Å²) in [6.07, 6.45) is 0.504. The van der Waals surface area contributed by atoms with Crippen molar-refractivity contribution in [3.05, 3.63) is 27.8 Å². The van der Waals surface area contributed by atoms with Crippen molar-refractivity contribution in [1.82, 2.24) is 5.32 Å². The molecule has 0 bridgehead atoms. The Kier molecular flexibility index (Phi) is 4.90. The van der Waals surface area contributed by atoms with Crippen LogP contribution in [-0.4, -0.2) is 37.9 Å². The van der Waals surface area contributed by atoms with E-state index in [1.165, 1.54) is 0 Å². The molecule has 1 aromatic rings. The molecule has 0 radical (unpaired) electrons. The lowest BCUT2D eigenvalue weighted by atomic mass is 10.2. The van der Waals surface area contributed by atoms with E-state index in [-0.39, 0.29) is 23.5 Å². The molecule has 1 fully saturated rings. The van der Waals surface area contributed by atoms with Crippen molar-refractivity contribution >= 4 is 44.0 Å². The zero-order valence-electron chi connectivity index (χ0n) is 11.1. The van der Waals surface area contributed by atoms with Gasteiger partial charge in [0.15, 0.2) is 9.84 Å². The minimum absolute atomic E-state index is 0.0506. The molecule has 0 aliphatic carbocycles. The number of halogens is 1. The molecule has 1 saturated heterocycles. The topological polar surface area (TPSA) is 75.3 Å². The molecule has 7 heteroatoms. The van der Waals surface area contributed by atoms with Crippen LogP contribution in [0.4, 0.5) is 5.69 Å². The molecule has 20 heavy (non-hydrogen) atoms. The van der Waals surface area contributed by atoms with Gasteiger partial charge < -0.3 is 10.6 Å². The van der Waals surface area contributed by atoms with Crippen LogP contribution in [0.1, 0.15) is 13.3 Å². The summed E-state index contributed by atoms with van der Waals surface area (Å²) in [6.45, 7) is 1.76. The van der Waals surface area contributed by atoms with Crippen molar-refractivity contribution in [1.29, 1.82) is 0 Å². The van der Waals surface area contributed by atoms with E-state index in [2.05, 4.69) is 33.2 Å². The minimum Gasteiger partial charge on any atom is -0.374 e. The van der Waals surface area contributed by atoms with Crippen molar-refractivity contribution in [2.75, 3.05) is 16.8 Å². The van der Waals surface area contributed by atoms with Crippen LogP contribution in [0.5, 0.6) is 0 Å². The van der Waals surface area contributed by atoms with Gasteiger partial charge in [-0.3, -0.25) is 4.79 Å². The van der Waals surface area contributed by atoms with E-state index in [9.17, 15) is 13.2 Å². The summed E-state index contributed by atoms with van der Waals surface area (Å²) in [5.41, 5.74) is 0.868. The number of benzene rings is 1. The summed E-state index contributed by atoms with van der Waals surface area (Å²) in [5.74, 6) is 0.0388. The Bertz CT molecular complexity index is 586. The second-order valence-electron chi connectivity index (χ2n) is 4.98. The lowest BCUT2D eigenvalue weighted by Gasteiger charge is -2.18. The average Bonchev–Trinajstić information content (AvgIpc) is 2.71. The number of rotatable bonds is 4. The average molecular weight is 408 g/mol. The maximum atomic E-state index is 12.0. The van der Waals surface area contributed by atoms with Gasteiger partial charge in [0.25, 0.3) is 0 Å². The molecular weight excluding hydrogens is 391 g/mol. The van der Waals surface area contributed by atoms with Crippen molar-refractivity contribution in [2.24, 2.45) is 0 Å². The molecule has 0 saturated carbocycles. The molecular formula is C13H17IN2O3S. The fourth-order valence-corrected chi connectivity index (χ4v) is 4.13. The predicted octanol–water partition coefficient (Wildman–Crippen LogP) is 1.39. The third-order valence-electron chi connectivity index (χ3n) is 3.20. The fourth-order valence-electron chi connectivity index (χ4n) is 2.10. The third-order valence-corrected chi connectivity index (χ3v) is 5.69. The predicted molar refractivity (Wildman–Crippen MR) is 87.4 cm³/mol. The summed E-state index contributed by atoms with van der Waals surface area (Å²) < 4.78 is 23.8. The van der Waals surface area contributed by atoms with Crippen LogP contribution in [0.3, 0.4) is 0 Å². The Morgan fingerprint density at radius 3 is 2.55 bits per heavy atom. The van der Waals surface area contributed by atoms with E-state index in [0.29, 0.717) is 6.42 Å². The highest BCUT2D eigenvalue weighted by Crippen LogP contribution is 2.14. The summed E-state index contributed by atoms with van der Waals surface area (Å²) in [6, 6.07) is 7.07. The van der Waals surface area contributed by atoms with Crippen molar-refractivity contribution in [3.63, 3.8) is 0 Å². The first kappa shape index (κ1) is 15.6. The molecule has 2 atom stereocenters. The molecule has 1 heterocycles. The molecule has 110 valence electrons. The SMILES string of the molecule is C[C@@H](Nc1ccc(I)cc1)C(=O)N[C@@H]1CCS(=O)(=O)C1. The van der Waals surface area contributed by atoms with Crippen LogP contribution < -0.4 is 10.6 Å². The molecule has 5 nitrogen and oxygen atoms in total. The summed E-state index contributed by atoms with van der Waals surface area (Å²) in [5, 5.41) is 5.88. The van der Waals surface area contributed by atoms with Crippen LogP contribution in [0.25, 0.3) is 0 Å². The summed E-state index contributed by atoms with van der Waals surface area (Å²) in [4.78, 5) is 12.0. The lowest BCUT2D eigenvalue weighted by molar-refractivity contribution is -0.122. The Morgan fingerprint density at radius 2 is 2.00 bits per heavy atom. The lowest BCUT2D eigenvalue weighted by Crippen LogP contribution is -2.43. The molecule has 2 rings (SSSR count). The van der Waals surface area contributed by atoms with Crippen molar-refractivity contribution in [2.45, 2.75) is 25.4 Å². The van der Waals surface area contributed by atoms with Crippen LogP contribution in [0.15, 0.2) is 24.3 Å². The van der Waals surface area contributed by atoms with Gasteiger partial charge in [0.2, 0.25) is 5.91 Å². The minimum atomic E-state index is -2.97. The van der Waals surface area contributed by atoms with Gasteiger partial charge in [-0.2, -0.15) is 0 Å². The Morgan fingerprint density at radius 1 is 1.35 bits per heavy atom. The second kappa shape index (κ2) is 6.30. The number of sulfone groups is 1. The maximum absolute atomic E-state index is 12.0. The Balaban J connectivity index is 1.88. The van der Waals surface area contributed by atoms with Gasteiger partial charge in [0.1, 0.15) is 6.04 Å². The number of carbonyl (C=O) groups excluding carboxylic acids is 1. The highest BCUT2D eigenvalue weighted by molar-refractivity contribution is 14.1. The molecule has 1 amide bonds. The van der Waals surface area contributed by atoms with E-state index in [1.54, 1.807) is 6.92 Å². The monoisotopic (exact) mass is 408 g/mol. The largest absolute Gasteiger partial charge is 0.374 e. The molecule has 2 N–H and O–H groups in total. The normalized spacial score (nSPS) is 22.2. The first-order valence-corrected chi connectivity index (χ1v) is 9.29. The van der Waals surface area contributed by atoms with Gasteiger partial charge in [-0.15, -0.1) is 0 Å². The number of nitrogens with one attached hydrogen (secondary N) is 2. The van der Waals surface area contributed by atoms with Gasteiger partial charge in [-0.05, 0) is 60.2 Å². The van der Waals surface area contributed by atoms with Crippen LogP contribution in [-0.2, 0) is 14.6 Å². The zero-order chi connectivity index (χ0) is 14.8. The van der Waals surface area contributed by atoms with Crippen molar-refractivity contribution in [3.8, 4) is 0 Å². The van der Waals surface area contributed by atoms with E-state index < -0.39 is 15.9 Å². The smallest absolute Gasteiger partial charge is 0.242 e. The van der Waals surface area contributed by atoms with Crippen LogP contribution >= 0.6 is 22.6 Å². The van der Waals surface area contributed by atoms with Crippen LogP contribution in [0.2, 0.25) is 0 Å². The second-order valence-corrected chi connectivity index (χ2v) is 8.46. The summed E-state index contributed by atoms with van der Waals surface area (Å²) in [7, 11) is -2.97. The Hall–Kier alpha value is -0.830. The Labute approximate surface area is 132 Å². The van der Waals surface area contributed by atoms with Gasteiger partial charge in [-0.1, -0.05) is 0 Å². The maximum Gasteiger partial charge on any atom is 0.242 e. The van der Waals surface area contributed by atoms with Gasteiger partial charge in [0.05, 0.1) is 11.5 Å². The van der Waals surface area contributed by atoms with E-state index in [0.717, 1.165) is 9.26 Å². The standard InChI is InChI=1S/C13H17IN2O3S/c1-9(15-11-4-2-10(14)3-5-11)13(17)16-12-6-7-20(18,19)8-12/h2-5,9,12,15H,6-8H2,1H3,(H,16,17)/t9-,12-/m1/s1. The first-order valence-electron chi connectivity index (χ1n) is 6.39. The highest BCUT2D eigenvalue weighted by Gasteiger charge is 2.29. The van der Waals surface area contributed by atoms with E-state index in [1.807, 2.05) is 24.3 Å². The number of amides is 1. The number of anilines is 1. The fraction of sp³-hybridized carbons (Fsp3) is 0.462. The number of hydrogen-bond acceptors (Lipinski definition) is 4. The highest BCUT2D eigenvalue weighted by atomic mass is 127. The van der Waals surface area contributed by atoms with Gasteiger partial charge in [-0.25, -0.2) is 8.42 Å². The molecule has 1 aliphatic heterocycles. The number of hydrogen-bond donors (Lipinski definition) is 2. The number of carbonyl (C=O) groups is 1. The van der Waals surface area contributed by atoms with Crippen molar-refractivity contribution < 1.29 is 13.2 Å². The van der Waals surface area contributed by atoms with E-state index >= 15 is 0 Å². The summed E-state index contributed by atoms with van der Waals surface area (Å²) >= 11 is 2.22. The molecule has 0 aromatic heterocycles. The molecule has 1 aromatic carbocycles. The first-order chi connectivity index (χ1) is 9.35.